The Hall–Kier alpha value is -1.79. The Morgan fingerprint density at radius 3 is 2.48 bits per heavy atom. The van der Waals surface area contributed by atoms with E-state index in [1.54, 1.807) is 21.2 Å². The molecule has 1 amide bonds. The Labute approximate surface area is 142 Å². The Morgan fingerprint density at radius 1 is 1.22 bits per heavy atom. The third kappa shape index (κ3) is 8.42. The zero-order valence-corrected chi connectivity index (χ0v) is 14.7. The smallest absolute Gasteiger partial charge is 0.243 e. The quantitative estimate of drug-likeness (QED) is 0.423. The summed E-state index contributed by atoms with van der Waals surface area (Å²) < 4.78 is 5.01. The summed E-state index contributed by atoms with van der Waals surface area (Å²) in [5.41, 5.74) is 1.18. The SMILES string of the molecule is COCCNC(=NCC(=O)N(C)C)NCCc1ccc(Cl)cc1. The van der Waals surface area contributed by atoms with Gasteiger partial charge in [-0.2, -0.15) is 0 Å². The molecule has 0 atom stereocenters. The van der Waals surface area contributed by atoms with E-state index in [0.717, 1.165) is 11.4 Å². The molecule has 0 saturated heterocycles. The van der Waals surface area contributed by atoms with E-state index in [0.29, 0.717) is 25.7 Å². The minimum atomic E-state index is -0.0458. The van der Waals surface area contributed by atoms with Gasteiger partial charge in [-0.05, 0) is 24.1 Å². The van der Waals surface area contributed by atoms with E-state index in [2.05, 4.69) is 15.6 Å². The lowest BCUT2D eigenvalue weighted by molar-refractivity contribution is -0.127. The van der Waals surface area contributed by atoms with Gasteiger partial charge in [-0.15, -0.1) is 0 Å². The maximum atomic E-state index is 11.6. The van der Waals surface area contributed by atoms with Gasteiger partial charge in [-0.1, -0.05) is 23.7 Å². The summed E-state index contributed by atoms with van der Waals surface area (Å²) in [4.78, 5) is 17.4. The van der Waals surface area contributed by atoms with Crippen molar-refractivity contribution < 1.29 is 9.53 Å². The zero-order chi connectivity index (χ0) is 17.1. The van der Waals surface area contributed by atoms with Crippen molar-refractivity contribution in [1.29, 1.82) is 0 Å². The molecule has 0 heterocycles. The van der Waals surface area contributed by atoms with Crippen LogP contribution in [-0.4, -0.2) is 64.2 Å². The van der Waals surface area contributed by atoms with Crippen molar-refractivity contribution in [2.75, 3.05) is 47.4 Å². The predicted octanol–water partition coefficient (Wildman–Crippen LogP) is 1.15. The van der Waals surface area contributed by atoms with Crippen molar-refractivity contribution in [1.82, 2.24) is 15.5 Å². The topological polar surface area (TPSA) is 66.0 Å². The van der Waals surface area contributed by atoms with Crippen LogP contribution in [0.25, 0.3) is 0 Å². The van der Waals surface area contributed by atoms with Crippen molar-refractivity contribution >= 4 is 23.5 Å². The number of carbonyl (C=O) groups is 1. The molecule has 128 valence electrons. The van der Waals surface area contributed by atoms with Gasteiger partial charge in [0.2, 0.25) is 5.91 Å². The number of halogens is 1. The zero-order valence-electron chi connectivity index (χ0n) is 13.9. The van der Waals surface area contributed by atoms with Gasteiger partial charge in [0.05, 0.1) is 6.61 Å². The number of amides is 1. The number of hydrogen-bond donors (Lipinski definition) is 2. The van der Waals surface area contributed by atoms with Crippen molar-refractivity contribution in [2.45, 2.75) is 6.42 Å². The first-order chi connectivity index (χ1) is 11.0. The fourth-order valence-corrected chi connectivity index (χ4v) is 1.84. The number of nitrogens with one attached hydrogen (secondary N) is 2. The molecule has 0 spiro atoms. The normalized spacial score (nSPS) is 11.2. The van der Waals surface area contributed by atoms with Crippen LogP contribution in [-0.2, 0) is 16.0 Å². The Bertz CT molecular complexity index is 503. The van der Waals surface area contributed by atoms with Gasteiger partial charge in [0.25, 0.3) is 0 Å². The van der Waals surface area contributed by atoms with Crippen LogP contribution in [0.1, 0.15) is 5.56 Å². The Balaban J connectivity index is 2.49. The summed E-state index contributed by atoms with van der Waals surface area (Å²) in [6.07, 6.45) is 0.837. The molecule has 0 saturated carbocycles. The van der Waals surface area contributed by atoms with E-state index in [-0.39, 0.29) is 12.5 Å². The third-order valence-electron chi connectivity index (χ3n) is 3.09. The number of likely N-dealkylation sites (N-methyl/N-ethyl adjacent to an activating group) is 1. The molecular formula is C16H25ClN4O2. The van der Waals surface area contributed by atoms with Crippen LogP contribution in [0.15, 0.2) is 29.3 Å². The first-order valence-corrected chi connectivity index (χ1v) is 7.86. The van der Waals surface area contributed by atoms with E-state index < -0.39 is 0 Å². The average molecular weight is 341 g/mol. The molecule has 0 aliphatic heterocycles. The third-order valence-corrected chi connectivity index (χ3v) is 3.34. The van der Waals surface area contributed by atoms with Crippen molar-refractivity contribution in [2.24, 2.45) is 4.99 Å². The molecule has 2 N–H and O–H groups in total. The molecule has 0 unspecified atom stereocenters. The van der Waals surface area contributed by atoms with Crippen LogP contribution in [0, 0.1) is 0 Å². The molecular weight excluding hydrogens is 316 g/mol. The summed E-state index contributed by atoms with van der Waals surface area (Å²) in [6.45, 7) is 2.01. The highest BCUT2D eigenvalue weighted by atomic mass is 35.5. The molecule has 1 aromatic rings. The van der Waals surface area contributed by atoms with Gasteiger partial charge in [-0.3, -0.25) is 4.79 Å². The molecule has 1 rings (SSSR count). The fourth-order valence-electron chi connectivity index (χ4n) is 1.71. The minimum Gasteiger partial charge on any atom is -0.383 e. The number of guanidine groups is 1. The Kier molecular flexibility index (Phi) is 9.09. The second kappa shape index (κ2) is 10.9. The van der Waals surface area contributed by atoms with Crippen molar-refractivity contribution in [3.05, 3.63) is 34.9 Å². The molecule has 0 radical (unpaired) electrons. The van der Waals surface area contributed by atoms with Gasteiger partial charge >= 0.3 is 0 Å². The van der Waals surface area contributed by atoms with Crippen molar-refractivity contribution in [3.8, 4) is 0 Å². The number of hydrogen-bond acceptors (Lipinski definition) is 3. The molecule has 7 heteroatoms. The van der Waals surface area contributed by atoms with Crippen LogP contribution < -0.4 is 10.6 Å². The molecule has 23 heavy (non-hydrogen) atoms. The summed E-state index contributed by atoms with van der Waals surface area (Å²) in [6, 6.07) is 7.74. The van der Waals surface area contributed by atoms with Crippen LogP contribution in [0.5, 0.6) is 0 Å². The molecule has 1 aromatic carbocycles. The largest absolute Gasteiger partial charge is 0.383 e. The number of nitrogens with zero attached hydrogens (tertiary/aromatic N) is 2. The summed E-state index contributed by atoms with van der Waals surface area (Å²) in [7, 11) is 5.07. The maximum Gasteiger partial charge on any atom is 0.243 e. The lowest BCUT2D eigenvalue weighted by atomic mass is 10.1. The molecule has 0 bridgehead atoms. The van der Waals surface area contributed by atoms with Gasteiger partial charge in [-0.25, -0.2) is 4.99 Å². The van der Waals surface area contributed by atoms with Crippen LogP contribution >= 0.6 is 11.6 Å². The highest BCUT2D eigenvalue weighted by Gasteiger charge is 2.04. The standard InChI is InChI=1S/C16H25ClN4O2/c1-21(2)15(22)12-20-16(19-10-11-23-3)18-9-8-13-4-6-14(17)7-5-13/h4-7H,8-12H2,1-3H3,(H2,18,19,20). The van der Waals surface area contributed by atoms with Crippen LogP contribution in [0.4, 0.5) is 0 Å². The number of ether oxygens (including phenoxy) is 1. The minimum absolute atomic E-state index is 0.0458. The van der Waals surface area contributed by atoms with E-state index in [9.17, 15) is 4.79 Å². The number of aliphatic imine (C=N–C) groups is 1. The van der Waals surface area contributed by atoms with Gasteiger partial charge in [0.15, 0.2) is 5.96 Å². The first-order valence-electron chi connectivity index (χ1n) is 7.48. The average Bonchev–Trinajstić information content (AvgIpc) is 2.53. The maximum absolute atomic E-state index is 11.6. The molecule has 0 aliphatic rings. The first kappa shape index (κ1) is 19.3. The Morgan fingerprint density at radius 2 is 1.87 bits per heavy atom. The summed E-state index contributed by atoms with van der Waals surface area (Å²) in [5, 5.41) is 7.08. The second-order valence-electron chi connectivity index (χ2n) is 5.18. The van der Waals surface area contributed by atoms with E-state index in [1.165, 1.54) is 10.5 Å². The van der Waals surface area contributed by atoms with E-state index in [4.69, 9.17) is 16.3 Å². The summed E-state index contributed by atoms with van der Waals surface area (Å²) >= 11 is 5.87. The second-order valence-corrected chi connectivity index (χ2v) is 5.61. The van der Waals surface area contributed by atoms with E-state index in [1.807, 2.05) is 24.3 Å². The molecule has 0 aliphatic carbocycles. The van der Waals surface area contributed by atoms with Crippen molar-refractivity contribution in [3.63, 3.8) is 0 Å². The van der Waals surface area contributed by atoms with Gasteiger partial charge < -0.3 is 20.3 Å². The van der Waals surface area contributed by atoms with Gasteiger partial charge in [0, 0.05) is 39.3 Å². The summed E-state index contributed by atoms with van der Waals surface area (Å²) in [5.74, 6) is 0.557. The monoisotopic (exact) mass is 340 g/mol. The predicted molar refractivity (Wildman–Crippen MR) is 94.0 cm³/mol. The van der Waals surface area contributed by atoms with Gasteiger partial charge in [0.1, 0.15) is 6.54 Å². The fraction of sp³-hybridized carbons (Fsp3) is 0.500. The number of carbonyl (C=O) groups excluding carboxylic acids is 1. The molecule has 0 aromatic heterocycles. The number of methoxy groups -OCH3 is 1. The van der Waals surface area contributed by atoms with Crippen LogP contribution in [0.3, 0.4) is 0 Å². The van der Waals surface area contributed by atoms with E-state index >= 15 is 0 Å². The lowest BCUT2D eigenvalue weighted by Crippen LogP contribution is -2.40. The highest BCUT2D eigenvalue weighted by molar-refractivity contribution is 6.30. The number of benzene rings is 1. The van der Waals surface area contributed by atoms with Crippen LogP contribution in [0.2, 0.25) is 5.02 Å². The molecule has 0 fully saturated rings. The number of rotatable bonds is 8. The highest BCUT2D eigenvalue weighted by Crippen LogP contribution is 2.09. The lowest BCUT2D eigenvalue weighted by Gasteiger charge is -2.13. The molecule has 6 nitrogen and oxygen atoms in total.